The van der Waals surface area contributed by atoms with Gasteiger partial charge in [-0.25, -0.2) is 9.59 Å². The van der Waals surface area contributed by atoms with Gasteiger partial charge in [-0.15, -0.1) is 20.4 Å². The zero-order valence-corrected chi connectivity index (χ0v) is 14.9. The molecule has 0 fully saturated rings. The van der Waals surface area contributed by atoms with Crippen molar-refractivity contribution in [2.24, 2.45) is 0 Å². The lowest BCUT2D eigenvalue weighted by Crippen LogP contribution is -2.28. The van der Waals surface area contributed by atoms with Gasteiger partial charge in [0.25, 0.3) is 0 Å². The van der Waals surface area contributed by atoms with E-state index in [0.29, 0.717) is 11.5 Å². The van der Waals surface area contributed by atoms with Gasteiger partial charge < -0.3 is 20.1 Å². The predicted octanol–water partition coefficient (Wildman–Crippen LogP) is 2.02. The Morgan fingerprint density at radius 3 is 2.04 bits per heavy atom. The number of amides is 2. The number of carbonyl (C=O) groups is 2. The molecule has 0 unspecified atom stereocenters. The molecule has 28 heavy (non-hydrogen) atoms. The van der Waals surface area contributed by atoms with Gasteiger partial charge in [-0.2, -0.15) is 0 Å². The van der Waals surface area contributed by atoms with Crippen molar-refractivity contribution in [3.8, 4) is 5.75 Å². The Bertz CT molecular complexity index is 867. The molecule has 0 saturated carbocycles. The molecule has 1 aliphatic rings. The normalized spacial score (nSPS) is 12.6. The molecule has 0 radical (unpaired) electrons. The van der Waals surface area contributed by atoms with Crippen LogP contribution in [0.4, 0.5) is 9.59 Å². The first-order chi connectivity index (χ1) is 13.7. The molecule has 1 aromatic heterocycles. The van der Waals surface area contributed by atoms with Crippen LogP contribution in [0.2, 0.25) is 0 Å². The average molecular weight is 382 g/mol. The molecule has 2 aromatic rings. The Balaban J connectivity index is 1.39. The Hall–Kier alpha value is -3.82. The largest absolute Gasteiger partial charge is 0.412 e. The van der Waals surface area contributed by atoms with Crippen molar-refractivity contribution in [2.75, 3.05) is 0 Å². The summed E-state index contributed by atoms with van der Waals surface area (Å²) in [4.78, 5) is 23.4. The summed E-state index contributed by atoms with van der Waals surface area (Å²) in [6, 6.07) is 8.65. The maximum absolute atomic E-state index is 11.7. The highest BCUT2D eigenvalue weighted by molar-refractivity contribution is 5.70. The fraction of sp³-hybridized carbons (Fsp3) is 0.222. The minimum Gasteiger partial charge on any atom is -0.411 e. The van der Waals surface area contributed by atoms with Gasteiger partial charge in [0.1, 0.15) is 11.5 Å². The Morgan fingerprint density at radius 1 is 0.857 bits per heavy atom. The maximum atomic E-state index is 11.7. The Labute approximate surface area is 160 Å². The highest BCUT2D eigenvalue weighted by Gasteiger charge is 2.09. The summed E-state index contributed by atoms with van der Waals surface area (Å²) in [5.41, 5.74) is 0. The average Bonchev–Trinajstić information content (AvgIpc) is 2.73. The van der Waals surface area contributed by atoms with Crippen molar-refractivity contribution in [3.63, 3.8) is 0 Å². The van der Waals surface area contributed by atoms with Crippen molar-refractivity contribution < 1.29 is 19.1 Å². The van der Waals surface area contributed by atoms with Gasteiger partial charge in [-0.05, 0) is 37.1 Å². The van der Waals surface area contributed by atoms with Crippen molar-refractivity contribution in [2.45, 2.75) is 25.9 Å². The Morgan fingerprint density at radius 2 is 1.46 bits per heavy atom. The maximum Gasteiger partial charge on any atom is 0.412 e. The molecule has 0 bridgehead atoms. The summed E-state index contributed by atoms with van der Waals surface area (Å²) in [5, 5.41) is 20.4. The van der Waals surface area contributed by atoms with E-state index in [-0.39, 0.29) is 24.7 Å². The van der Waals surface area contributed by atoms with E-state index in [2.05, 4.69) is 31.0 Å². The molecule has 0 atom stereocenters. The molecule has 1 heterocycles. The summed E-state index contributed by atoms with van der Waals surface area (Å²) in [6.45, 7) is 0.0154. The number of carbonyl (C=O) groups excluding carboxylic acids is 2. The molecule has 2 N–H and O–H groups in total. The number of allylic oxidation sites excluding steroid dienone is 3. The molecule has 144 valence electrons. The number of ether oxygens (including phenoxy) is 2. The zero-order chi connectivity index (χ0) is 19.6. The van der Waals surface area contributed by atoms with Crippen LogP contribution in [0.25, 0.3) is 0 Å². The third-order valence-corrected chi connectivity index (χ3v) is 3.47. The predicted molar refractivity (Wildman–Crippen MR) is 96.7 cm³/mol. The molecule has 2 amide bonds. The SMILES string of the molecule is O=C(NCc1nnc(CNC(=O)Oc2ccccc2)nn1)OC1=CCCC=C1. The van der Waals surface area contributed by atoms with Gasteiger partial charge in [0.15, 0.2) is 11.6 Å². The van der Waals surface area contributed by atoms with Gasteiger partial charge in [0.2, 0.25) is 0 Å². The topological polar surface area (TPSA) is 128 Å². The quantitative estimate of drug-likeness (QED) is 0.776. The van der Waals surface area contributed by atoms with Crippen LogP contribution in [0.5, 0.6) is 5.75 Å². The molecule has 10 nitrogen and oxygen atoms in total. The third-order valence-electron chi connectivity index (χ3n) is 3.47. The van der Waals surface area contributed by atoms with E-state index >= 15 is 0 Å². The summed E-state index contributed by atoms with van der Waals surface area (Å²) < 4.78 is 10.2. The van der Waals surface area contributed by atoms with Gasteiger partial charge in [-0.1, -0.05) is 24.3 Å². The van der Waals surface area contributed by atoms with Gasteiger partial charge in [0.05, 0.1) is 13.1 Å². The van der Waals surface area contributed by atoms with Gasteiger partial charge >= 0.3 is 12.2 Å². The Kier molecular flexibility index (Phi) is 6.61. The molecule has 0 saturated heterocycles. The van der Waals surface area contributed by atoms with Crippen LogP contribution in [0, 0.1) is 0 Å². The monoisotopic (exact) mass is 382 g/mol. The lowest BCUT2D eigenvalue weighted by molar-refractivity contribution is 0.177. The molecule has 0 spiro atoms. The van der Waals surface area contributed by atoms with E-state index in [0.717, 1.165) is 12.8 Å². The number of para-hydroxylation sites is 1. The van der Waals surface area contributed by atoms with E-state index in [1.165, 1.54) is 0 Å². The van der Waals surface area contributed by atoms with Crippen LogP contribution >= 0.6 is 0 Å². The first kappa shape index (κ1) is 19.0. The second-order valence-corrected chi connectivity index (χ2v) is 5.62. The van der Waals surface area contributed by atoms with E-state index < -0.39 is 12.2 Å². The number of nitrogens with zero attached hydrogens (tertiary/aromatic N) is 4. The third kappa shape index (κ3) is 6.16. The zero-order valence-electron chi connectivity index (χ0n) is 14.9. The van der Waals surface area contributed by atoms with Crippen LogP contribution in [0.15, 0.2) is 54.3 Å². The molecular formula is C18H18N6O4. The van der Waals surface area contributed by atoms with Gasteiger partial charge in [-0.3, -0.25) is 0 Å². The van der Waals surface area contributed by atoms with E-state index in [4.69, 9.17) is 9.47 Å². The molecule has 1 aromatic carbocycles. The molecule has 1 aliphatic carbocycles. The fourth-order valence-electron chi connectivity index (χ4n) is 2.15. The van der Waals surface area contributed by atoms with Crippen LogP contribution in [-0.4, -0.2) is 32.6 Å². The van der Waals surface area contributed by atoms with E-state index in [1.54, 1.807) is 30.3 Å². The lowest BCUT2D eigenvalue weighted by Gasteiger charge is -2.08. The number of alkyl carbamates (subject to hydrolysis) is 1. The molecule has 0 aliphatic heterocycles. The van der Waals surface area contributed by atoms with Crippen LogP contribution in [-0.2, 0) is 17.8 Å². The number of benzene rings is 1. The molecule has 3 rings (SSSR count). The highest BCUT2D eigenvalue weighted by atomic mass is 16.6. The van der Waals surface area contributed by atoms with Crippen molar-refractivity contribution >= 4 is 12.2 Å². The summed E-state index contributed by atoms with van der Waals surface area (Å²) in [5.74, 6) is 1.34. The first-order valence-electron chi connectivity index (χ1n) is 8.57. The van der Waals surface area contributed by atoms with Crippen LogP contribution < -0.4 is 15.4 Å². The van der Waals surface area contributed by atoms with Crippen molar-refractivity contribution in [3.05, 3.63) is 66.0 Å². The highest BCUT2D eigenvalue weighted by Crippen LogP contribution is 2.10. The number of rotatable bonds is 6. The first-order valence-corrected chi connectivity index (χ1v) is 8.57. The minimum atomic E-state index is -0.644. The lowest BCUT2D eigenvalue weighted by atomic mass is 10.2. The van der Waals surface area contributed by atoms with E-state index in [9.17, 15) is 9.59 Å². The summed E-state index contributed by atoms with van der Waals surface area (Å²) >= 11 is 0. The van der Waals surface area contributed by atoms with Crippen molar-refractivity contribution in [1.29, 1.82) is 0 Å². The minimum absolute atomic E-state index is 0.00189. The summed E-state index contributed by atoms with van der Waals surface area (Å²) in [6.07, 6.45) is 6.03. The van der Waals surface area contributed by atoms with E-state index in [1.807, 2.05) is 18.2 Å². The smallest absolute Gasteiger partial charge is 0.411 e. The fourth-order valence-corrected chi connectivity index (χ4v) is 2.15. The molecule has 10 heteroatoms. The number of hydrogen-bond donors (Lipinski definition) is 2. The van der Waals surface area contributed by atoms with Gasteiger partial charge in [0, 0.05) is 0 Å². The van der Waals surface area contributed by atoms with Crippen molar-refractivity contribution in [1.82, 2.24) is 31.0 Å². The number of hydrogen-bond acceptors (Lipinski definition) is 8. The standard InChI is InChI=1S/C18H18N6O4/c25-17(27-13-7-3-1-4-8-13)19-11-15-21-23-16(24-22-15)12-20-18(26)28-14-9-5-2-6-10-14/h1,3-5,7-10H,2,6,11-12H2,(H,19,25)(H,20,26). The second kappa shape index (κ2) is 9.76. The second-order valence-electron chi connectivity index (χ2n) is 5.62. The van der Waals surface area contributed by atoms with Crippen LogP contribution in [0.3, 0.4) is 0 Å². The number of nitrogens with one attached hydrogen (secondary N) is 2. The molecular weight excluding hydrogens is 364 g/mol. The summed E-state index contributed by atoms with van der Waals surface area (Å²) in [7, 11) is 0. The van der Waals surface area contributed by atoms with Crippen LogP contribution in [0.1, 0.15) is 24.5 Å². The number of aromatic nitrogens is 4.